The van der Waals surface area contributed by atoms with Crippen molar-refractivity contribution >= 4 is 0 Å². The maximum atomic E-state index is 5.04. The van der Waals surface area contributed by atoms with Crippen molar-refractivity contribution in [2.75, 3.05) is 0 Å². The van der Waals surface area contributed by atoms with E-state index in [4.69, 9.17) is 4.74 Å². The predicted octanol–water partition coefficient (Wildman–Crippen LogP) is 2.44. The molecule has 50 valence electrons. The molecule has 1 saturated carbocycles. The first kappa shape index (κ1) is 5.33. The maximum absolute atomic E-state index is 5.04. The molecule has 0 spiro atoms. The van der Waals surface area contributed by atoms with Gasteiger partial charge in [-0.1, -0.05) is 19.3 Å². The highest BCUT2D eigenvalue weighted by Crippen LogP contribution is 2.35. The van der Waals surface area contributed by atoms with E-state index in [1.807, 2.05) is 6.26 Å². The highest BCUT2D eigenvalue weighted by Gasteiger charge is 2.24. The third kappa shape index (κ3) is 1.09. The third-order valence-corrected chi connectivity index (χ3v) is 2.26. The summed E-state index contributed by atoms with van der Waals surface area (Å²) < 4.78 is 5.04. The van der Waals surface area contributed by atoms with Gasteiger partial charge in [-0.25, -0.2) is 0 Å². The molecule has 0 amide bonds. The van der Waals surface area contributed by atoms with Crippen molar-refractivity contribution in [3.63, 3.8) is 0 Å². The van der Waals surface area contributed by atoms with Crippen LogP contribution >= 0.6 is 0 Å². The van der Waals surface area contributed by atoms with E-state index >= 15 is 0 Å². The fourth-order valence-electron chi connectivity index (χ4n) is 1.61. The van der Waals surface area contributed by atoms with E-state index in [1.54, 1.807) is 0 Å². The summed E-state index contributed by atoms with van der Waals surface area (Å²) in [5, 5.41) is 0. The molecule has 0 aromatic rings. The predicted molar refractivity (Wildman–Crippen MR) is 35.7 cm³/mol. The van der Waals surface area contributed by atoms with Gasteiger partial charge in [-0.2, -0.15) is 0 Å². The number of allylic oxidation sites excluding steroid dienone is 1. The Labute approximate surface area is 55.7 Å². The Morgan fingerprint density at radius 3 is 2.44 bits per heavy atom. The van der Waals surface area contributed by atoms with Gasteiger partial charge in [0.15, 0.2) is 0 Å². The van der Waals surface area contributed by atoms with Crippen LogP contribution in [-0.2, 0) is 4.74 Å². The Kier molecular flexibility index (Phi) is 1.22. The molecule has 1 aliphatic carbocycles. The summed E-state index contributed by atoms with van der Waals surface area (Å²) in [4.78, 5) is 0. The van der Waals surface area contributed by atoms with Crippen molar-refractivity contribution in [3.05, 3.63) is 12.0 Å². The van der Waals surface area contributed by atoms with Gasteiger partial charge in [0.05, 0.1) is 0 Å². The van der Waals surface area contributed by atoms with Crippen molar-refractivity contribution < 1.29 is 4.74 Å². The van der Waals surface area contributed by atoms with Crippen LogP contribution in [0.1, 0.15) is 32.1 Å². The summed E-state index contributed by atoms with van der Waals surface area (Å²) in [6.45, 7) is 0. The average Bonchev–Trinajstić information content (AvgIpc) is 2.71. The van der Waals surface area contributed by atoms with Gasteiger partial charge in [-0.15, -0.1) is 0 Å². The van der Waals surface area contributed by atoms with Crippen molar-refractivity contribution in [2.24, 2.45) is 5.92 Å². The van der Waals surface area contributed by atoms with Crippen molar-refractivity contribution in [3.8, 4) is 0 Å². The van der Waals surface area contributed by atoms with Crippen molar-refractivity contribution in [2.45, 2.75) is 32.1 Å². The van der Waals surface area contributed by atoms with Crippen LogP contribution in [0.15, 0.2) is 12.0 Å². The largest absolute Gasteiger partial charge is 0.462 e. The van der Waals surface area contributed by atoms with Crippen LogP contribution < -0.4 is 0 Å². The third-order valence-electron chi connectivity index (χ3n) is 2.26. The van der Waals surface area contributed by atoms with Gasteiger partial charge < -0.3 is 4.74 Å². The molecular formula is C8H12O. The fourth-order valence-corrected chi connectivity index (χ4v) is 1.61. The van der Waals surface area contributed by atoms with Crippen molar-refractivity contribution in [1.29, 1.82) is 0 Å². The normalized spacial score (nSPS) is 26.9. The zero-order chi connectivity index (χ0) is 6.10. The summed E-state index contributed by atoms with van der Waals surface area (Å²) in [6, 6.07) is 0. The molecule has 0 aromatic carbocycles. The molecule has 0 atom stereocenters. The van der Waals surface area contributed by atoms with Gasteiger partial charge >= 0.3 is 0 Å². The summed E-state index contributed by atoms with van der Waals surface area (Å²) in [5.74, 6) is 2.08. The van der Waals surface area contributed by atoms with Gasteiger partial charge in [0, 0.05) is 5.92 Å². The van der Waals surface area contributed by atoms with E-state index in [0.717, 1.165) is 5.92 Å². The molecule has 2 rings (SSSR count). The van der Waals surface area contributed by atoms with Gasteiger partial charge in [0.25, 0.3) is 0 Å². The molecule has 9 heavy (non-hydrogen) atoms. The van der Waals surface area contributed by atoms with Crippen LogP contribution in [0.2, 0.25) is 0 Å². The molecule has 0 radical (unpaired) electrons. The molecule has 2 aliphatic rings. The molecule has 0 N–H and O–H groups in total. The average molecular weight is 124 g/mol. The number of rotatable bonds is 1. The Hall–Kier alpha value is -0.460. The fraction of sp³-hybridized carbons (Fsp3) is 0.750. The molecule has 0 unspecified atom stereocenters. The second kappa shape index (κ2) is 2.05. The summed E-state index contributed by atoms with van der Waals surface area (Å²) in [5.41, 5.74) is 0. The summed E-state index contributed by atoms with van der Waals surface area (Å²) >= 11 is 0. The topological polar surface area (TPSA) is 12.5 Å². The standard InChI is InChI=1S/C8H12O/c1-2-4-7(5-3-1)8-6-9-8/h6-7H,1-5H2. The Bertz CT molecular complexity index is 132. The minimum Gasteiger partial charge on any atom is -0.462 e. The molecule has 0 bridgehead atoms. The molecule has 1 heterocycles. The molecule has 1 fully saturated rings. The van der Waals surface area contributed by atoms with Crippen molar-refractivity contribution in [1.82, 2.24) is 0 Å². The van der Waals surface area contributed by atoms with Gasteiger partial charge in [-0.05, 0) is 12.8 Å². The van der Waals surface area contributed by atoms with Crippen LogP contribution in [0, 0.1) is 5.92 Å². The van der Waals surface area contributed by atoms with E-state index in [-0.39, 0.29) is 0 Å². The van der Waals surface area contributed by atoms with E-state index in [2.05, 4.69) is 0 Å². The second-order valence-electron chi connectivity index (χ2n) is 2.97. The molecular weight excluding hydrogens is 112 g/mol. The lowest BCUT2D eigenvalue weighted by molar-refractivity contribution is 0.340. The Morgan fingerprint density at radius 2 is 1.89 bits per heavy atom. The number of hydrogen-bond acceptors (Lipinski definition) is 1. The van der Waals surface area contributed by atoms with E-state index in [9.17, 15) is 0 Å². The maximum Gasteiger partial charge on any atom is 0.141 e. The van der Waals surface area contributed by atoms with Crippen LogP contribution in [-0.4, -0.2) is 0 Å². The summed E-state index contributed by atoms with van der Waals surface area (Å²) in [6.07, 6.45) is 8.88. The van der Waals surface area contributed by atoms with E-state index in [0.29, 0.717) is 0 Å². The van der Waals surface area contributed by atoms with Gasteiger partial charge in [0.2, 0.25) is 0 Å². The molecule has 0 aromatic heterocycles. The smallest absolute Gasteiger partial charge is 0.141 e. The molecule has 1 heteroatoms. The van der Waals surface area contributed by atoms with Crippen LogP contribution in [0.4, 0.5) is 0 Å². The lowest BCUT2D eigenvalue weighted by atomic mass is 9.89. The van der Waals surface area contributed by atoms with Gasteiger partial charge in [-0.3, -0.25) is 0 Å². The molecule has 1 nitrogen and oxygen atoms in total. The monoisotopic (exact) mass is 124 g/mol. The SMILES string of the molecule is C1=C(C2CCCCC2)O1. The highest BCUT2D eigenvalue weighted by molar-refractivity contribution is 5.08. The Morgan fingerprint density at radius 1 is 1.22 bits per heavy atom. The lowest BCUT2D eigenvalue weighted by Gasteiger charge is -2.16. The Balaban J connectivity index is 1.87. The summed E-state index contributed by atoms with van der Waals surface area (Å²) in [7, 11) is 0. The first-order valence-corrected chi connectivity index (χ1v) is 3.83. The first-order valence-electron chi connectivity index (χ1n) is 3.83. The number of hydrogen-bond donors (Lipinski definition) is 0. The highest BCUT2D eigenvalue weighted by atomic mass is 16.5. The zero-order valence-electron chi connectivity index (χ0n) is 5.60. The van der Waals surface area contributed by atoms with Gasteiger partial charge in [0.1, 0.15) is 12.0 Å². The number of ether oxygens (including phenoxy) is 1. The minimum absolute atomic E-state index is 0.804. The van der Waals surface area contributed by atoms with E-state index in [1.165, 1.54) is 37.9 Å². The van der Waals surface area contributed by atoms with Crippen LogP contribution in [0.25, 0.3) is 0 Å². The van der Waals surface area contributed by atoms with Crippen LogP contribution in [0.3, 0.4) is 0 Å². The lowest BCUT2D eigenvalue weighted by Crippen LogP contribution is -2.04. The zero-order valence-corrected chi connectivity index (χ0v) is 5.60. The quantitative estimate of drug-likeness (QED) is 0.523. The minimum atomic E-state index is 0.804. The van der Waals surface area contributed by atoms with E-state index < -0.39 is 0 Å². The second-order valence-corrected chi connectivity index (χ2v) is 2.97. The molecule has 0 saturated heterocycles. The van der Waals surface area contributed by atoms with Crippen LogP contribution in [0.5, 0.6) is 0 Å². The molecule has 1 aliphatic heterocycles. The first-order chi connectivity index (χ1) is 4.47.